The Hall–Kier alpha value is -2.53. The molecule has 2 aromatic carbocycles. The predicted octanol–water partition coefficient (Wildman–Crippen LogP) is 3.51. The third kappa shape index (κ3) is 4.76. The van der Waals surface area contributed by atoms with Crippen molar-refractivity contribution in [3.8, 4) is 0 Å². The topological polar surface area (TPSA) is 66.9 Å². The van der Waals surface area contributed by atoms with Gasteiger partial charge in [0, 0.05) is 24.5 Å². The van der Waals surface area contributed by atoms with Gasteiger partial charge in [-0.2, -0.15) is 0 Å². The normalized spacial score (nSPS) is 11.0. The number of hydrogen-bond acceptors (Lipinski definition) is 2. The molecular formula is C20H22ClN3O2. The van der Waals surface area contributed by atoms with Crippen molar-refractivity contribution in [2.75, 3.05) is 6.54 Å². The van der Waals surface area contributed by atoms with Crippen molar-refractivity contribution in [1.82, 2.24) is 14.9 Å². The third-order valence-electron chi connectivity index (χ3n) is 4.34. The van der Waals surface area contributed by atoms with E-state index in [1.54, 1.807) is 4.57 Å². The first-order chi connectivity index (χ1) is 12.6. The fourth-order valence-electron chi connectivity index (χ4n) is 2.99. The van der Waals surface area contributed by atoms with Crippen LogP contribution >= 0.6 is 11.6 Å². The molecule has 5 nitrogen and oxygen atoms in total. The van der Waals surface area contributed by atoms with Crippen molar-refractivity contribution in [2.24, 2.45) is 0 Å². The van der Waals surface area contributed by atoms with Gasteiger partial charge in [-0.25, -0.2) is 4.79 Å². The molecule has 0 fully saturated rings. The van der Waals surface area contributed by atoms with Crippen molar-refractivity contribution in [2.45, 2.75) is 32.2 Å². The van der Waals surface area contributed by atoms with Gasteiger partial charge in [-0.15, -0.1) is 0 Å². The summed E-state index contributed by atoms with van der Waals surface area (Å²) in [4.78, 5) is 26.7. The van der Waals surface area contributed by atoms with Crippen molar-refractivity contribution in [3.63, 3.8) is 0 Å². The van der Waals surface area contributed by atoms with Crippen LogP contribution in [0.15, 0.2) is 53.3 Å². The molecule has 1 aromatic heterocycles. The lowest BCUT2D eigenvalue weighted by Gasteiger charge is -2.06. The van der Waals surface area contributed by atoms with Crippen LogP contribution in [0.25, 0.3) is 11.0 Å². The Balaban J connectivity index is 1.38. The summed E-state index contributed by atoms with van der Waals surface area (Å²) in [6.07, 6.45) is 2.87. The molecule has 0 aliphatic rings. The largest absolute Gasteiger partial charge is 0.356 e. The molecule has 0 bridgehead atoms. The van der Waals surface area contributed by atoms with Gasteiger partial charge >= 0.3 is 5.69 Å². The van der Waals surface area contributed by atoms with E-state index in [1.165, 1.54) is 5.56 Å². The molecule has 0 unspecified atom stereocenters. The number of benzene rings is 2. The number of halogens is 1. The van der Waals surface area contributed by atoms with Crippen LogP contribution in [0, 0.1) is 0 Å². The number of fused-ring (bicyclic) bond motifs is 1. The molecule has 3 rings (SSSR count). The van der Waals surface area contributed by atoms with Crippen LogP contribution in [0.4, 0.5) is 0 Å². The number of amides is 1. The number of aromatic amines is 1. The molecule has 0 spiro atoms. The number of H-pyrrole nitrogens is 1. The summed E-state index contributed by atoms with van der Waals surface area (Å²) in [6, 6.07) is 15.3. The van der Waals surface area contributed by atoms with E-state index in [4.69, 9.17) is 11.6 Å². The lowest BCUT2D eigenvalue weighted by Crippen LogP contribution is -2.26. The minimum Gasteiger partial charge on any atom is -0.356 e. The smallest absolute Gasteiger partial charge is 0.326 e. The highest BCUT2D eigenvalue weighted by Gasteiger charge is 2.06. The highest BCUT2D eigenvalue weighted by atomic mass is 35.5. The molecule has 6 heteroatoms. The Morgan fingerprint density at radius 3 is 2.65 bits per heavy atom. The molecule has 0 aliphatic carbocycles. The first kappa shape index (κ1) is 18.3. The molecule has 0 saturated carbocycles. The summed E-state index contributed by atoms with van der Waals surface area (Å²) in [5.74, 6) is 0.0465. The molecule has 0 saturated heterocycles. The van der Waals surface area contributed by atoms with Gasteiger partial charge in [0.15, 0.2) is 0 Å². The summed E-state index contributed by atoms with van der Waals surface area (Å²) in [7, 11) is 0. The first-order valence-electron chi connectivity index (χ1n) is 8.82. The Bertz CT molecular complexity index is 928. The Morgan fingerprint density at radius 1 is 1.08 bits per heavy atom. The molecule has 26 heavy (non-hydrogen) atoms. The molecule has 0 radical (unpaired) electrons. The number of hydrogen-bond donors (Lipinski definition) is 2. The van der Waals surface area contributed by atoms with E-state index < -0.39 is 0 Å². The van der Waals surface area contributed by atoms with Gasteiger partial charge in [0.25, 0.3) is 0 Å². The second-order valence-electron chi connectivity index (χ2n) is 6.28. The molecule has 0 atom stereocenters. The minimum absolute atomic E-state index is 0.0465. The van der Waals surface area contributed by atoms with Gasteiger partial charge in [0.05, 0.1) is 11.0 Å². The number of carbonyl (C=O) groups excluding carboxylic acids is 1. The SMILES string of the molecule is O=C(CCCc1ccc(Cl)cc1)NCCCn1c(=O)[nH]c2ccccc21. The van der Waals surface area contributed by atoms with Crippen molar-refractivity contribution in [1.29, 1.82) is 0 Å². The maximum Gasteiger partial charge on any atom is 0.326 e. The van der Waals surface area contributed by atoms with Crippen molar-refractivity contribution < 1.29 is 4.79 Å². The maximum absolute atomic E-state index is 12.0. The van der Waals surface area contributed by atoms with Gasteiger partial charge in [0.2, 0.25) is 5.91 Å². The average molecular weight is 372 g/mol. The van der Waals surface area contributed by atoms with E-state index in [9.17, 15) is 9.59 Å². The highest BCUT2D eigenvalue weighted by molar-refractivity contribution is 6.30. The molecule has 1 heterocycles. The van der Waals surface area contributed by atoms with Crippen molar-refractivity contribution in [3.05, 3.63) is 69.6 Å². The van der Waals surface area contributed by atoms with E-state index >= 15 is 0 Å². The molecule has 136 valence electrons. The van der Waals surface area contributed by atoms with Crippen molar-refractivity contribution >= 4 is 28.5 Å². The molecule has 2 N–H and O–H groups in total. The minimum atomic E-state index is -0.111. The molecular weight excluding hydrogens is 350 g/mol. The summed E-state index contributed by atoms with van der Waals surface area (Å²) in [6.45, 7) is 1.14. The van der Waals surface area contributed by atoms with E-state index in [-0.39, 0.29) is 11.6 Å². The lowest BCUT2D eigenvalue weighted by atomic mass is 10.1. The maximum atomic E-state index is 12.0. The van der Waals surface area contributed by atoms with Gasteiger partial charge in [-0.3, -0.25) is 9.36 Å². The molecule has 3 aromatic rings. The van der Waals surface area contributed by atoms with Crippen LogP contribution < -0.4 is 11.0 Å². The molecule has 1 amide bonds. The van der Waals surface area contributed by atoms with Crippen LogP contribution in [0.2, 0.25) is 5.02 Å². The zero-order chi connectivity index (χ0) is 18.4. The number of aryl methyl sites for hydroxylation is 2. The number of para-hydroxylation sites is 2. The van der Waals surface area contributed by atoms with E-state index in [1.807, 2.05) is 48.5 Å². The quantitative estimate of drug-likeness (QED) is 0.595. The van der Waals surface area contributed by atoms with Gasteiger partial charge in [-0.05, 0) is 49.1 Å². The highest BCUT2D eigenvalue weighted by Crippen LogP contribution is 2.12. The number of imidazole rings is 1. The standard InChI is InChI=1S/C20H22ClN3O2/c21-16-11-9-15(10-12-16)5-3-8-19(25)22-13-4-14-24-18-7-2-1-6-17(18)23-20(24)26/h1-2,6-7,9-12H,3-5,8,13-14H2,(H,22,25)(H,23,26). The van der Waals surface area contributed by atoms with Crippen LogP contribution in [-0.4, -0.2) is 22.0 Å². The second kappa shape index (κ2) is 8.72. The predicted molar refractivity (Wildman–Crippen MR) is 105 cm³/mol. The zero-order valence-corrected chi connectivity index (χ0v) is 15.3. The molecule has 0 aliphatic heterocycles. The average Bonchev–Trinajstić information content (AvgIpc) is 2.96. The third-order valence-corrected chi connectivity index (χ3v) is 4.60. The number of carbonyl (C=O) groups is 1. The summed E-state index contributed by atoms with van der Waals surface area (Å²) >= 11 is 5.86. The fourth-order valence-corrected chi connectivity index (χ4v) is 3.11. The van der Waals surface area contributed by atoms with E-state index in [2.05, 4.69) is 10.3 Å². The van der Waals surface area contributed by atoms with Crippen LogP contribution in [0.5, 0.6) is 0 Å². The Morgan fingerprint density at radius 2 is 1.85 bits per heavy atom. The lowest BCUT2D eigenvalue weighted by molar-refractivity contribution is -0.121. The monoisotopic (exact) mass is 371 g/mol. The first-order valence-corrected chi connectivity index (χ1v) is 9.20. The number of nitrogens with zero attached hydrogens (tertiary/aromatic N) is 1. The van der Waals surface area contributed by atoms with Crippen LogP contribution in [0.1, 0.15) is 24.8 Å². The van der Waals surface area contributed by atoms with Gasteiger partial charge in [-0.1, -0.05) is 35.9 Å². The summed E-state index contributed by atoms with van der Waals surface area (Å²) in [5.41, 5.74) is 2.80. The Labute approximate surface area is 157 Å². The van der Waals surface area contributed by atoms with Crippen LogP contribution in [0.3, 0.4) is 0 Å². The van der Waals surface area contributed by atoms with Crippen LogP contribution in [-0.2, 0) is 17.8 Å². The summed E-state index contributed by atoms with van der Waals surface area (Å²) in [5, 5.41) is 3.65. The number of aromatic nitrogens is 2. The van der Waals surface area contributed by atoms with E-state index in [0.29, 0.717) is 25.9 Å². The fraction of sp³-hybridized carbons (Fsp3) is 0.300. The zero-order valence-electron chi connectivity index (χ0n) is 14.5. The van der Waals surface area contributed by atoms with E-state index in [0.717, 1.165) is 28.9 Å². The van der Waals surface area contributed by atoms with Gasteiger partial charge in [0.1, 0.15) is 0 Å². The second-order valence-corrected chi connectivity index (χ2v) is 6.72. The number of rotatable bonds is 8. The van der Waals surface area contributed by atoms with Gasteiger partial charge < -0.3 is 10.3 Å². The Kier molecular flexibility index (Phi) is 6.12. The summed E-state index contributed by atoms with van der Waals surface area (Å²) < 4.78 is 1.71. The number of nitrogens with one attached hydrogen (secondary N) is 2.